The third-order valence-electron chi connectivity index (χ3n) is 4.11. The zero-order valence-electron chi connectivity index (χ0n) is 15.0. The Labute approximate surface area is 193 Å². The number of hydrogen-bond donors (Lipinski definition) is 3. The molecule has 2 aliphatic heterocycles. The van der Waals surface area contributed by atoms with Crippen LogP contribution in [-0.2, 0) is 19.1 Å². The zero-order valence-corrected chi connectivity index (χ0v) is 18.9. The molecule has 0 aromatic carbocycles. The molecule has 0 saturated carbocycles. The summed E-state index contributed by atoms with van der Waals surface area (Å²) in [5, 5.41) is 15.5. The molecule has 1 fully saturated rings. The molecule has 0 radical (unpaired) electrons. The maximum absolute atomic E-state index is 12.5. The van der Waals surface area contributed by atoms with Crippen molar-refractivity contribution in [1.29, 1.82) is 0 Å². The maximum Gasteiger partial charge on any atom is 0.336 e. The Hall–Kier alpha value is -1.73. The lowest BCUT2D eigenvalue weighted by Gasteiger charge is -2.48. The van der Waals surface area contributed by atoms with Crippen molar-refractivity contribution in [3.63, 3.8) is 0 Å². The van der Waals surface area contributed by atoms with Crippen molar-refractivity contribution < 1.29 is 24.3 Å². The first-order valence-electron chi connectivity index (χ1n) is 8.19. The number of halogens is 3. The Balaban J connectivity index is 1.67. The lowest BCUT2D eigenvalue weighted by atomic mass is 10.1. The third kappa shape index (κ3) is 4.78. The number of thioether (sulfide) groups is 1. The van der Waals surface area contributed by atoms with Crippen LogP contribution in [0.25, 0.3) is 0 Å². The van der Waals surface area contributed by atoms with E-state index in [0.717, 1.165) is 11.3 Å². The van der Waals surface area contributed by atoms with Crippen molar-refractivity contribution in [3.05, 3.63) is 22.8 Å². The highest BCUT2D eigenvalue weighted by Gasteiger charge is 2.52. The van der Waals surface area contributed by atoms with Gasteiger partial charge in [0.2, 0.25) is 3.79 Å². The second-order valence-electron chi connectivity index (χ2n) is 6.16. The number of amides is 2. The van der Waals surface area contributed by atoms with Gasteiger partial charge in [0.05, 0.1) is 5.57 Å². The first kappa shape index (κ1) is 22.9. The number of aromatic nitrogens is 1. The first-order chi connectivity index (χ1) is 14.0. The van der Waals surface area contributed by atoms with E-state index in [1.807, 2.05) is 0 Å². The number of hydrogen-bond acceptors (Lipinski definition) is 10. The largest absolute Gasteiger partial charge is 0.458 e. The number of nitrogens with one attached hydrogen (secondary N) is 1. The van der Waals surface area contributed by atoms with Crippen LogP contribution >= 0.6 is 57.9 Å². The number of nitrogens with zero attached hydrogens (tertiary/aromatic N) is 3. The van der Waals surface area contributed by atoms with E-state index in [-0.39, 0.29) is 27.4 Å². The minimum Gasteiger partial charge on any atom is -0.458 e. The first-order valence-corrected chi connectivity index (χ1v) is 11.1. The SMILES string of the molecule is CC1S[C@@H]2C(NC(=O)C(=NO)c3csc(N)n3)C(=O)N2C=C1C(=O)OCC(Cl)(Cl)Cl. The van der Waals surface area contributed by atoms with E-state index in [9.17, 15) is 14.4 Å². The molecule has 4 N–H and O–H groups in total. The zero-order chi connectivity index (χ0) is 22.2. The summed E-state index contributed by atoms with van der Waals surface area (Å²) in [4.78, 5) is 42.4. The highest BCUT2D eigenvalue weighted by atomic mass is 35.6. The predicted molar refractivity (Wildman–Crippen MR) is 114 cm³/mol. The van der Waals surface area contributed by atoms with E-state index < -0.39 is 39.6 Å². The molecule has 0 bridgehead atoms. The van der Waals surface area contributed by atoms with Gasteiger partial charge in [0.25, 0.3) is 11.8 Å². The monoisotopic (exact) mass is 513 g/mol. The van der Waals surface area contributed by atoms with Crippen LogP contribution in [0, 0.1) is 0 Å². The molecule has 0 aliphatic carbocycles. The van der Waals surface area contributed by atoms with E-state index >= 15 is 0 Å². The third-order valence-corrected chi connectivity index (χ3v) is 6.55. The molecule has 1 saturated heterocycles. The summed E-state index contributed by atoms with van der Waals surface area (Å²) >= 11 is 19.1. The number of ether oxygens (including phenoxy) is 1. The van der Waals surface area contributed by atoms with Gasteiger partial charge in [-0.3, -0.25) is 9.59 Å². The second-order valence-corrected chi connectivity index (χ2v) is 11.0. The molecule has 15 heteroatoms. The van der Waals surface area contributed by atoms with Gasteiger partial charge in [-0.1, -0.05) is 40.0 Å². The van der Waals surface area contributed by atoms with Crippen molar-refractivity contribution in [1.82, 2.24) is 15.2 Å². The summed E-state index contributed by atoms with van der Waals surface area (Å²) in [6.45, 7) is 1.30. The number of carbonyl (C=O) groups is 3. The number of esters is 1. The van der Waals surface area contributed by atoms with E-state index in [1.165, 1.54) is 28.2 Å². The number of nitrogen functional groups attached to an aromatic ring is 1. The Morgan fingerprint density at radius 1 is 1.47 bits per heavy atom. The molecule has 3 heterocycles. The van der Waals surface area contributed by atoms with Crippen LogP contribution in [0.1, 0.15) is 12.6 Å². The summed E-state index contributed by atoms with van der Waals surface area (Å²) in [5.74, 6) is -1.95. The van der Waals surface area contributed by atoms with Crippen molar-refractivity contribution >= 4 is 86.5 Å². The number of alkyl halides is 3. The Morgan fingerprint density at radius 3 is 2.73 bits per heavy atom. The van der Waals surface area contributed by atoms with Crippen LogP contribution in [0.3, 0.4) is 0 Å². The van der Waals surface area contributed by atoms with Gasteiger partial charge < -0.3 is 25.9 Å². The fourth-order valence-corrected chi connectivity index (χ4v) is 4.78. The average molecular weight is 515 g/mol. The highest BCUT2D eigenvalue weighted by Crippen LogP contribution is 2.41. The Bertz CT molecular complexity index is 947. The number of oxime groups is 1. The molecule has 3 rings (SSSR count). The van der Waals surface area contributed by atoms with Crippen molar-refractivity contribution in [2.24, 2.45) is 5.16 Å². The molecule has 1 aromatic heterocycles. The van der Waals surface area contributed by atoms with Gasteiger partial charge in [0, 0.05) is 16.8 Å². The molecule has 2 amide bonds. The molecule has 0 spiro atoms. The summed E-state index contributed by atoms with van der Waals surface area (Å²) in [7, 11) is 0. The number of carbonyl (C=O) groups excluding carboxylic acids is 3. The fraction of sp³-hybridized carbons (Fsp3) is 0.400. The molecule has 3 atom stereocenters. The minimum absolute atomic E-state index is 0.0877. The summed E-state index contributed by atoms with van der Waals surface area (Å²) in [6, 6.07) is -0.882. The topological polar surface area (TPSA) is 147 Å². The van der Waals surface area contributed by atoms with Gasteiger partial charge in [-0.15, -0.1) is 23.1 Å². The lowest BCUT2D eigenvalue weighted by Crippen LogP contribution is -2.69. The number of β-lactam (4-membered cyclic amide) rings is 1. The number of rotatable bonds is 5. The van der Waals surface area contributed by atoms with Gasteiger partial charge in [-0.25, -0.2) is 9.78 Å². The fourth-order valence-electron chi connectivity index (χ4n) is 2.71. The van der Waals surface area contributed by atoms with Gasteiger partial charge in [-0.2, -0.15) is 0 Å². The average Bonchev–Trinajstić information content (AvgIpc) is 3.09. The smallest absolute Gasteiger partial charge is 0.336 e. The van der Waals surface area contributed by atoms with E-state index in [2.05, 4.69) is 15.5 Å². The molecule has 2 unspecified atom stereocenters. The van der Waals surface area contributed by atoms with Crippen LogP contribution in [0.5, 0.6) is 0 Å². The van der Waals surface area contributed by atoms with Gasteiger partial charge >= 0.3 is 5.97 Å². The van der Waals surface area contributed by atoms with Gasteiger partial charge in [-0.05, 0) is 6.92 Å². The predicted octanol–water partition coefficient (Wildman–Crippen LogP) is 1.49. The standard InChI is InChI=1S/C15H14Cl3N5O5S2/c1-5-6(13(26)28-4-15(16,17)18)2-23-11(25)9(12(23)30-5)21-10(24)8(22-27)7-3-29-14(19)20-7/h2-3,5,9,12,27H,4H2,1H3,(H2,19,20)(H,21,24)/t5?,9?,12-/m1/s1. The van der Waals surface area contributed by atoms with Crippen LogP contribution < -0.4 is 11.1 Å². The van der Waals surface area contributed by atoms with Gasteiger partial charge in [0.1, 0.15) is 23.7 Å². The van der Waals surface area contributed by atoms with E-state index in [4.69, 9.17) is 50.5 Å². The Kier molecular flexibility index (Phi) is 6.72. The van der Waals surface area contributed by atoms with E-state index in [1.54, 1.807) is 6.92 Å². The Morgan fingerprint density at radius 2 is 2.17 bits per heavy atom. The highest BCUT2D eigenvalue weighted by molar-refractivity contribution is 8.00. The minimum atomic E-state index is -1.75. The van der Waals surface area contributed by atoms with Crippen LogP contribution in [-0.4, -0.2) is 65.7 Å². The maximum atomic E-state index is 12.5. The lowest BCUT2D eigenvalue weighted by molar-refractivity contribution is -0.144. The van der Waals surface area contributed by atoms with Crippen LogP contribution in [0.15, 0.2) is 22.3 Å². The quantitative estimate of drug-likeness (QED) is 0.134. The number of nitrogens with two attached hydrogens (primary N) is 1. The molecule has 1 aromatic rings. The summed E-state index contributed by atoms with van der Waals surface area (Å²) < 4.78 is 3.21. The second kappa shape index (κ2) is 8.79. The molecular weight excluding hydrogens is 501 g/mol. The number of thiazole rings is 1. The van der Waals surface area contributed by atoms with Gasteiger partial charge in [0.15, 0.2) is 10.8 Å². The molecule has 2 aliphatic rings. The van der Waals surface area contributed by atoms with Crippen LogP contribution in [0.2, 0.25) is 0 Å². The van der Waals surface area contributed by atoms with Crippen LogP contribution in [0.4, 0.5) is 5.13 Å². The normalized spacial score (nSPS) is 23.9. The van der Waals surface area contributed by atoms with Crippen molar-refractivity contribution in [2.45, 2.75) is 27.4 Å². The van der Waals surface area contributed by atoms with E-state index in [0.29, 0.717) is 0 Å². The molecular formula is C15H14Cl3N5O5S2. The molecule has 10 nitrogen and oxygen atoms in total. The molecule has 30 heavy (non-hydrogen) atoms. The molecule has 162 valence electrons. The summed E-state index contributed by atoms with van der Waals surface area (Å²) in [5.41, 5.74) is 5.47. The van der Waals surface area contributed by atoms with Crippen molar-refractivity contribution in [2.75, 3.05) is 12.3 Å². The number of anilines is 1. The van der Waals surface area contributed by atoms with Crippen molar-refractivity contribution in [3.8, 4) is 0 Å². The summed E-state index contributed by atoms with van der Waals surface area (Å²) in [6.07, 6.45) is 1.36. The number of fused-ring (bicyclic) bond motifs is 1.